The highest BCUT2D eigenvalue weighted by atomic mass is 16.5. The Labute approximate surface area is 149 Å². The van der Waals surface area contributed by atoms with Crippen LogP contribution in [-0.4, -0.2) is 32.0 Å². The van der Waals surface area contributed by atoms with Crippen molar-refractivity contribution in [1.82, 2.24) is 0 Å². The minimum absolute atomic E-state index is 0.254. The Balaban J connectivity index is 1.66. The summed E-state index contributed by atoms with van der Waals surface area (Å²) in [6, 6.07) is 9.23. The van der Waals surface area contributed by atoms with Crippen molar-refractivity contribution in [2.24, 2.45) is 0 Å². The molecular formula is C20H18O6. The highest BCUT2D eigenvalue weighted by Crippen LogP contribution is 2.52. The van der Waals surface area contributed by atoms with Gasteiger partial charge in [-0.2, -0.15) is 0 Å². The lowest BCUT2D eigenvalue weighted by molar-refractivity contribution is 0.00247. The number of ether oxygens (including phenoxy) is 4. The maximum absolute atomic E-state index is 11.2. The second kappa shape index (κ2) is 5.57. The van der Waals surface area contributed by atoms with Gasteiger partial charge in [-0.1, -0.05) is 0 Å². The molecule has 6 heteroatoms. The lowest BCUT2D eigenvalue weighted by atomic mass is 9.80. The summed E-state index contributed by atoms with van der Waals surface area (Å²) in [5, 5.41) is 12.0. The Hall–Kier alpha value is -2.86. The smallest absolute Gasteiger partial charge is 0.164 e. The molecule has 0 aliphatic carbocycles. The van der Waals surface area contributed by atoms with Crippen molar-refractivity contribution in [2.75, 3.05) is 20.8 Å². The first-order valence-electron chi connectivity index (χ1n) is 8.45. The molecule has 0 fully saturated rings. The molecule has 0 spiro atoms. The Morgan fingerprint density at radius 1 is 1.04 bits per heavy atom. The molecule has 1 aromatic heterocycles. The molecule has 0 saturated carbocycles. The summed E-state index contributed by atoms with van der Waals surface area (Å²) in [6.45, 7) is 0.345. The summed E-state index contributed by atoms with van der Waals surface area (Å²) in [5.74, 6) is 2.28. The first-order chi connectivity index (χ1) is 12.7. The van der Waals surface area contributed by atoms with E-state index in [2.05, 4.69) is 0 Å². The molecule has 2 aromatic carbocycles. The van der Waals surface area contributed by atoms with Crippen LogP contribution in [0.4, 0.5) is 0 Å². The molecule has 3 atom stereocenters. The van der Waals surface area contributed by atoms with E-state index in [4.69, 9.17) is 23.4 Å². The van der Waals surface area contributed by atoms with Gasteiger partial charge in [-0.25, -0.2) is 0 Å². The molecule has 3 heterocycles. The number of rotatable bonds is 2. The largest absolute Gasteiger partial charge is 0.493 e. The number of aliphatic hydroxyl groups is 1. The molecule has 2 unspecified atom stereocenters. The molecule has 134 valence electrons. The summed E-state index contributed by atoms with van der Waals surface area (Å²) < 4.78 is 28.4. The van der Waals surface area contributed by atoms with Crippen molar-refractivity contribution >= 4 is 11.0 Å². The molecule has 5 rings (SSSR count). The number of hydrogen-bond acceptors (Lipinski definition) is 6. The molecule has 3 aromatic rings. The van der Waals surface area contributed by atoms with Crippen LogP contribution in [0.15, 0.2) is 41.0 Å². The van der Waals surface area contributed by atoms with Crippen molar-refractivity contribution in [2.45, 2.75) is 18.1 Å². The Bertz CT molecular complexity index is 991. The third-order valence-corrected chi connectivity index (χ3v) is 5.22. The molecule has 1 N–H and O–H groups in total. The van der Waals surface area contributed by atoms with Gasteiger partial charge in [0.2, 0.25) is 0 Å². The predicted octanol–water partition coefficient (Wildman–Crippen LogP) is 3.42. The topological polar surface area (TPSA) is 70.3 Å². The summed E-state index contributed by atoms with van der Waals surface area (Å²) in [4.78, 5) is 0. The predicted molar refractivity (Wildman–Crippen MR) is 93.4 cm³/mol. The third-order valence-electron chi connectivity index (χ3n) is 5.22. The zero-order valence-electron chi connectivity index (χ0n) is 14.4. The van der Waals surface area contributed by atoms with Crippen molar-refractivity contribution in [3.8, 4) is 23.0 Å². The quantitative estimate of drug-likeness (QED) is 0.760. The summed E-state index contributed by atoms with van der Waals surface area (Å²) in [5.41, 5.74) is 2.34. The van der Waals surface area contributed by atoms with Gasteiger partial charge in [0.05, 0.1) is 37.9 Å². The Morgan fingerprint density at radius 2 is 1.85 bits per heavy atom. The number of methoxy groups -OCH3 is 2. The first-order valence-corrected chi connectivity index (χ1v) is 8.45. The van der Waals surface area contributed by atoms with E-state index in [1.807, 2.05) is 24.3 Å². The van der Waals surface area contributed by atoms with E-state index in [1.165, 1.54) is 0 Å². The average molecular weight is 354 g/mol. The molecule has 0 amide bonds. The zero-order chi connectivity index (χ0) is 17.8. The second-order valence-corrected chi connectivity index (χ2v) is 6.50. The van der Waals surface area contributed by atoms with E-state index < -0.39 is 6.10 Å². The van der Waals surface area contributed by atoms with Crippen LogP contribution in [0.1, 0.15) is 23.1 Å². The van der Waals surface area contributed by atoms with Gasteiger partial charge >= 0.3 is 0 Å². The maximum atomic E-state index is 11.2. The van der Waals surface area contributed by atoms with E-state index in [9.17, 15) is 5.11 Å². The number of aliphatic hydroxyl groups excluding tert-OH is 1. The summed E-state index contributed by atoms with van der Waals surface area (Å²) in [6.07, 6.45) is 0.601. The van der Waals surface area contributed by atoms with Crippen LogP contribution < -0.4 is 18.9 Å². The lowest BCUT2D eigenvalue weighted by Crippen LogP contribution is -2.41. The number of furan rings is 1. The molecule has 2 aliphatic rings. The molecule has 0 bridgehead atoms. The van der Waals surface area contributed by atoms with Crippen LogP contribution in [0.2, 0.25) is 0 Å². The molecule has 0 radical (unpaired) electrons. The fourth-order valence-electron chi connectivity index (χ4n) is 3.96. The van der Waals surface area contributed by atoms with Crippen molar-refractivity contribution in [3.63, 3.8) is 0 Å². The standard InChI is InChI=1S/C20H18O6/c1-22-15-7-12-14(8-16(15)23-2)25-9-17-18(12)19(21)11-3-4-13-10(5-6-24-13)20(11)26-17/h3-8,17-19,21H,9H2,1-2H3/t17?,18?,19-/m1/s1. The van der Waals surface area contributed by atoms with Crippen LogP contribution in [0, 0.1) is 0 Å². The fraction of sp³-hybridized carbons (Fsp3) is 0.300. The van der Waals surface area contributed by atoms with E-state index in [1.54, 1.807) is 26.5 Å². The van der Waals surface area contributed by atoms with Gasteiger partial charge in [-0.3, -0.25) is 0 Å². The van der Waals surface area contributed by atoms with Crippen molar-refractivity contribution in [3.05, 3.63) is 47.7 Å². The number of fused-ring (bicyclic) bond motifs is 6. The summed E-state index contributed by atoms with van der Waals surface area (Å²) >= 11 is 0. The molecule has 0 saturated heterocycles. The molecule has 26 heavy (non-hydrogen) atoms. The number of benzene rings is 2. The minimum atomic E-state index is -0.719. The second-order valence-electron chi connectivity index (χ2n) is 6.50. The lowest BCUT2D eigenvalue weighted by Gasteiger charge is -2.41. The first kappa shape index (κ1) is 15.4. The Kier molecular flexibility index (Phi) is 3.30. The van der Waals surface area contributed by atoms with Gasteiger partial charge in [-0.15, -0.1) is 0 Å². The maximum Gasteiger partial charge on any atom is 0.164 e. The van der Waals surface area contributed by atoms with Crippen LogP contribution in [0.5, 0.6) is 23.0 Å². The SMILES string of the molecule is COc1cc2c(cc1OC)C1C(CO2)Oc2c(ccc3occc23)[C@H]1O. The van der Waals surface area contributed by atoms with Crippen molar-refractivity contribution < 1.29 is 28.5 Å². The third kappa shape index (κ3) is 2.02. The molecule has 2 aliphatic heterocycles. The van der Waals surface area contributed by atoms with Gasteiger partial charge in [0.1, 0.15) is 29.8 Å². The van der Waals surface area contributed by atoms with Gasteiger partial charge in [-0.05, 0) is 24.3 Å². The monoisotopic (exact) mass is 354 g/mol. The van der Waals surface area contributed by atoms with E-state index >= 15 is 0 Å². The minimum Gasteiger partial charge on any atom is -0.493 e. The van der Waals surface area contributed by atoms with E-state index in [-0.39, 0.29) is 12.0 Å². The average Bonchev–Trinajstić information content (AvgIpc) is 3.15. The van der Waals surface area contributed by atoms with Gasteiger partial charge in [0.25, 0.3) is 0 Å². The highest BCUT2D eigenvalue weighted by molar-refractivity contribution is 5.86. The van der Waals surface area contributed by atoms with Crippen molar-refractivity contribution in [1.29, 1.82) is 0 Å². The van der Waals surface area contributed by atoms with E-state index in [0.717, 1.165) is 22.1 Å². The molecular weight excluding hydrogens is 336 g/mol. The van der Waals surface area contributed by atoms with Crippen LogP contribution in [0.25, 0.3) is 11.0 Å². The fourth-order valence-corrected chi connectivity index (χ4v) is 3.96. The summed E-state index contributed by atoms with van der Waals surface area (Å²) in [7, 11) is 3.17. The van der Waals surface area contributed by atoms with Gasteiger partial charge in [0, 0.05) is 17.2 Å². The van der Waals surface area contributed by atoms with Crippen LogP contribution in [-0.2, 0) is 0 Å². The van der Waals surface area contributed by atoms with Gasteiger partial charge in [0.15, 0.2) is 11.5 Å². The zero-order valence-corrected chi connectivity index (χ0v) is 14.4. The molecule has 6 nitrogen and oxygen atoms in total. The number of hydrogen-bond donors (Lipinski definition) is 1. The Morgan fingerprint density at radius 3 is 2.65 bits per heavy atom. The van der Waals surface area contributed by atoms with Crippen LogP contribution in [0.3, 0.4) is 0 Å². The van der Waals surface area contributed by atoms with E-state index in [0.29, 0.717) is 29.6 Å². The van der Waals surface area contributed by atoms with Gasteiger partial charge < -0.3 is 28.5 Å². The van der Waals surface area contributed by atoms with Crippen LogP contribution >= 0.6 is 0 Å². The normalized spacial score (nSPS) is 23.3. The highest BCUT2D eigenvalue weighted by Gasteiger charge is 2.44.